The van der Waals surface area contributed by atoms with Crippen molar-refractivity contribution < 1.29 is 14.7 Å². The predicted octanol–water partition coefficient (Wildman–Crippen LogP) is 0.405. The summed E-state index contributed by atoms with van der Waals surface area (Å²) < 4.78 is 0. The van der Waals surface area contributed by atoms with Gasteiger partial charge in [-0.1, -0.05) is 6.42 Å². The minimum atomic E-state index is -1.09. The zero-order valence-corrected chi connectivity index (χ0v) is 10.3. The van der Waals surface area contributed by atoms with Crippen molar-refractivity contribution in [1.29, 1.82) is 0 Å². The lowest BCUT2D eigenvalue weighted by molar-refractivity contribution is -0.167. The van der Waals surface area contributed by atoms with E-state index in [1.807, 2.05) is 7.05 Å². The summed E-state index contributed by atoms with van der Waals surface area (Å²) in [4.78, 5) is 27.5. The molecule has 1 heterocycles. The third-order valence-electron chi connectivity index (χ3n) is 4.03. The number of carboxylic acids is 1. The van der Waals surface area contributed by atoms with E-state index in [-0.39, 0.29) is 5.91 Å². The van der Waals surface area contributed by atoms with Crippen LogP contribution in [0.5, 0.6) is 0 Å². The van der Waals surface area contributed by atoms with Crippen LogP contribution in [0.4, 0.5) is 0 Å². The molecule has 0 atom stereocenters. The Bertz CT molecular complexity index is 326. The number of carbonyl (C=O) groups excluding carboxylic acids is 1. The van der Waals surface area contributed by atoms with Gasteiger partial charge in [-0.3, -0.25) is 9.59 Å². The van der Waals surface area contributed by atoms with Gasteiger partial charge >= 0.3 is 5.97 Å². The van der Waals surface area contributed by atoms with Gasteiger partial charge in [-0.2, -0.15) is 0 Å². The fourth-order valence-electron chi connectivity index (χ4n) is 2.60. The monoisotopic (exact) mass is 240 g/mol. The number of carboxylic acid groups (broad SMARTS) is 1. The van der Waals surface area contributed by atoms with Gasteiger partial charge in [-0.15, -0.1) is 0 Å². The average molecular weight is 240 g/mol. The summed E-state index contributed by atoms with van der Waals surface area (Å²) in [5.74, 6) is -1.10. The van der Waals surface area contributed by atoms with Crippen LogP contribution in [0.3, 0.4) is 0 Å². The Hall–Kier alpha value is -1.10. The number of nitrogens with zero attached hydrogens (tertiary/aromatic N) is 2. The van der Waals surface area contributed by atoms with Crippen molar-refractivity contribution >= 4 is 11.9 Å². The summed E-state index contributed by atoms with van der Waals surface area (Å²) >= 11 is 0. The first-order valence-electron chi connectivity index (χ1n) is 6.27. The Morgan fingerprint density at radius 3 is 2.29 bits per heavy atom. The highest BCUT2D eigenvalue weighted by Gasteiger charge is 2.52. The fraction of sp³-hybridized carbons (Fsp3) is 0.833. The van der Waals surface area contributed by atoms with E-state index in [4.69, 9.17) is 0 Å². The number of likely N-dealkylation sites (N-methyl/N-ethyl adjacent to an activating group) is 1. The first-order valence-corrected chi connectivity index (χ1v) is 6.27. The Labute approximate surface area is 101 Å². The second-order valence-electron chi connectivity index (χ2n) is 5.19. The molecular weight excluding hydrogens is 220 g/mol. The highest BCUT2D eigenvalue weighted by Crippen LogP contribution is 2.42. The summed E-state index contributed by atoms with van der Waals surface area (Å²) in [7, 11) is 2.03. The van der Waals surface area contributed by atoms with E-state index in [1.165, 1.54) is 0 Å². The predicted molar refractivity (Wildman–Crippen MR) is 62.6 cm³/mol. The van der Waals surface area contributed by atoms with Crippen LogP contribution >= 0.6 is 0 Å². The van der Waals surface area contributed by atoms with E-state index < -0.39 is 11.4 Å². The minimum Gasteiger partial charge on any atom is -0.480 e. The van der Waals surface area contributed by atoms with Gasteiger partial charge in [0.1, 0.15) is 5.41 Å². The lowest BCUT2D eigenvalue weighted by Gasteiger charge is -2.39. The van der Waals surface area contributed by atoms with Crippen LogP contribution in [0.2, 0.25) is 0 Å². The van der Waals surface area contributed by atoms with Gasteiger partial charge in [0, 0.05) is 19.6 Å². The maximum Gasteiger partial charge on any atom is 0.319 e. The Morgan fingerprint density at radius 2 is 1.76 bits per heavy atom. The normalized spacial score (nSPS) is 24.9. The smallest absolute Gasteiger partial charge is 0.319 e. The molecule has 0 bridgehead atoms. The fourth-order valence-corrected chi connectivity index (χ4v) is 2.60. The molecule has 1 aliphatic heterocycles. The highest BCUT2D eigenvalue weighted by molar-refractivity contribution is 6.02. The molecule has 1 aliphatic carbocycles. The standard InChI is InChI=1S/C12H20N2O3/c1-13-6-3-7-14(9-8-13)10(15)12(11(16)17)4-2-5-12/h2-9H2,1H3,(H,16,17). The van der Waals surface area contributed by atoms with Crippen molar-refractivity contribution in [3.8, 4) is 0 Å². The van der Waals surface area contributed by atoms with E-state index in [9.17, 15) is 14.7 Å². The molecule has 2 fully saturated rings. The van der Waals surface area contributed by atoms with Gasteiger partial charge in [0.15, 0.2) is 0 Å². The zero-order chi connectivity index (χ0) is 12.5. The molecular formula is C12H20N2O3. The molecule has 1 N–H and O–H groups in total. The van der Waals surface area contributed by atoms with E-state index in [2.05, 4.69) is 4.90 Å². The van der Waals surface area contributed by atoms with Crippen LogP contribution in [0.1, 0.15) is 25.7 Å². The molecule has 2 aliphatic rings. The molecule has 0 aromatic carbocycles. The van der Waals surface area contributed by atoms with Crippen LogP contribution < -0.4 is 0 Å². The SMILES string of the molecule is CN1CCCN(C(=O)C2(C(=O)O)CCC2)CC1. The van der Waals surface area contributed by atoms with Crippen LogP contribution in [0.25, 0.3) is 0 Å². The first kappa shape index (κ1) is 12.4. The molecule has 0 aromatic heterocycles. The molecule has 96 valence electrons. The second kappa shape index (κ2) is 4.64. The van der Waals surface area contributed by atoms with Crippen LogP contribution in [0.15, 0.2) is 0 Å². The van der Waals surface area contributed by atoms with Crippen molar-refractivity contribution in [3.63, 3.8) is 0 Å². The molecule has 1 saturated heterocycles. The van der Waals surface area contributed by atoms with E-state index >= 15 is 0 Å². The highest BCUT2D eigenvalue weighted by atomic mass is 16.4. The molecule has 1 saturated carbocycles. The lowest BCUT2D eigenvalue weighted by atomic mass is 9.67. The molecule has 2 rings (SSSR count). The zero-order valence-electron chi connectivity index (χ0n) is 10.3. The van der Waals surface area contributed by atoms with Crippen LogP contribution in [-0.4, -0.2) is 60.0 Å². The molecule has 0 unspecified atom stereocenters. The molecule has 5 nitrogen and oxygen atoms in total. The third kappa shape index (κ3) is 2.16. The Morgan fingerprint density at radius 1 is 1.06 bits per heavy atom. The number of aliphatic carboxylic acids is 1. The van der Waals surface area contributed by atoms with Crippen LogP contribution in [0, 0.1) is 5.41 Å². The summed E-state index contributed by atoms with van der Waals surface area (Å²) in [5.41, 5.74) is -1.09. The van der Waals surface area contributed by atoms with Gasteiger partial charge < -0.3 is 14.9 Å². The maximum atomic E-state index is 12.3. The molecule has 17 heavy (non-hydrogen) atoms. The quantitative estimate of drug-likeness (QED) is 0.710. The van der Waals surface area contributed by atoms with E-state index in [1.54, 1.807) is 4.90 Å². The Balaban J connectivity index is 2.06. The van der Waals surface area contributed by atoms with Crippen molar-refractivity contribution in [2.45, 2.75) is 25.7 Å². The molecule has 0 aromatic rings. The van der Waals surface area contributed by atoms with Gasteiger partial charge in [-0.25, -0.2) is 0 Å². The number of rotatable bonds is 2. The van der Waals surface area contributed by atoms with E-state index in [0.29, 0.717) is 25.9 Å². The first-order chi connectivity index (χ1) is 8.06. The lowest BCUT2D eigenvalue weighted by Crippen LogP contribution is -2.53. The largest absolute Gasteiger partial charge is 0.480 e. The summed E-state index contributed by atoms with van der Waals surface area (Å²) in [6, 6.07) is 0. The molecule has 1 amide bonds. The number of hydrogen-bond acceptors (Lipinski definition) is 3. The van der Waals surface area contributed by atoms with Gasteiger partial charge in [0.2, 0.25) is 5.91 Å². The maximum absolute atomic E-state index is 12.3. The molecule has 5 heteroatoms. The average Bonchev–Trinajstić information content (AvgIpc) is 2.40. The number of hydrogen-bond donors (Lipinski definition) is 1. The summed E-state index contributed by atoms with van der Waals surface area (Å²) in [5, 5.41) is 9.25. The van der Waals surface area contributed by atoms with E-state index in [0.717, 1.165) is 25.9 Å². The summed E-state index contributed by atoms with van der Waals surface area (Å²) in [6.45, 7) is 3.16. The van der Waals surface area contributed by atoms with Crippen molar-refractivity contribution in [3.05, 3.63) is 0 Å². The van der Waals surface area contributed by atoms with Crippen LogP contribution in [-0.2, 0) is 9.59 Å². The van der Waals surface area contributed by atoms with Crippen molar-refractivity contribution in [1.82, 2.24) is 9.80 Å². The topological polar surface area (TPSA) is 60.9 Å². The molecule has 0 spiro atoms. The minimum absolute atomic E-state index is 0.161. The third-order valence-corrected chi connectivity index (χ3v) is 4.03. The van der Waals surface area contributed by atoms with Gasteiger partial charge in [-0.05, 0) is 32.9 Å². The van der Waals surface area contributed by atoms with Gasteiger partial charge in [0.05, 0.1) is 0 Å². The number of amides is 1. The van der Waals surface area contributed by atoms with Crippen molar-refractivity contribution in [2.75, 3.05) is 33.2 Å². The summed E-state index contributed by atoms with van der Waals surface area (Å²) in [6.07, 6.45) is 2.80. The Kier molecular flexibility index (Phi) is 3.38. The van der Waals surface area contributed by atoms with Crippen molar-refractivity contribution in [2.24, 2.45) is 5.41 Å². The number of carbonyl (C=O) groups is 2. The second-order valence-corrected chi connectivity index (χ2v) is 5.19. The van der Waals surface area contributed by atoms with Gasteiger partial charge in [0.25, 0.3) is 0 Å². The molecule has 0 radical (unpaired) electrons.